The number of pyridine rings is 1. The minimum atomic E-state index is 0.241. The van der Waals surface area contributed by atoms with E-state index in [0.29, 0.717) is 16.9 Å². The average molecular weight is 309 g/mol. The molecule has 0 atom stereocenters. The van der Waals surface area contributed by atoms with Crippen molar-refractivity contribution in [3.05, 3.63) is 46.6 Å². The summed E-state index contributed by atoms with van der Waals surface area (Å²) in [6.45, 7) is 0.660. The molecule has 5 heteroatoms. The van der Waals surface area contributed by atoms with Crippen molar-refractivity contribution in [3.8, 4) is 11.6 Å². The van der Waals surface area contributed by atoms with Gasteiger partial charge in [-0.15, -0.1) is 0 Å². The molecule has 0 radical (unpaired) electrons. The first-order valence-electron chi connectivity index (χ1n) is 5.40. The number of hydrogen-bond donors (Lipinski definition) is 2. The molecule has 1 heterocycles. The van der Waals surface area contributed by atoms with Crippen LogP contribution in [0, 0.1) is 0 Å². The lowest BCUT2D eigenvalue weighted by Crippen LogP contribution is -2.00. The van der Waals surface area contributed by atoms with Gasteiger partial charge in [-0.2, -0.15) is 0 Å². The van der Waals surface area contributed by atoms with Gasteiger partial charge in [-0.25, -0.2) is 4.98 Å². The number of hydrogen-bond acceptors (Lipinski definition) is 4. The number of phenols is 1. The summed E-state index contributed by atoms with van der Waals surface area (Å²) in [6.07, 6.45) is 1.72. The molecule has 0 aliphatic rings. The van der Waals surface area contributed by atoms with Crippen LogP contribution in [0.2, 0.25) is 0 Å². The number of nitrogens with one attached hydrogen (secondary N) is 1. The van der Waals surface area contributed by atoms with Crippen molar-refractivity contribution in [2.75, 3.05) is 12.4 Å². The van der Waals surface area contributed by atoms with E-state index < -0.39 is 0 Å². The number of aromatic nitrogens is 1. The zero-order valence-corrected chi connectivity index (χ0v) is 11.4. The summed E-state index contributed by atoms with van der Waals surface area (Å²) in [6, 6.07) is 9.10. The Morgan fingerprint density at radius 1 is 1.33 bits per heavy atom. The molecule has 0 bridgehead atoms. The fraction of sp³-hybridized carbons (Fsp3) is 0.154. The summed E-state index contributed by atoms with van der Waals surface area (Å²) in [5.41, 5.74) is 1.98. The van der Waals surface area contributed by atoms with Gasteiger partial charge in [0.05, 0.1) is 23.5 Å². The number of rotatable bonds is 4. The van der Waals surface area contributed by atoms with E-state index in [1.165, 1.54) is 0 Å². The van der Waals surface area contributed by atoms with Crippen LogP contribution >= 0.6 is 15.9 Å². The molecule has 2 aromatic rings. The highest BCUT2D eigenvalue weighted by atomic mass is 79.9. The third kappa shape index (κ3) is 3.13. The maximum atomic E-state index is 9.40. The SMILES string of the molecule is COc1ccc(NCc2ccc(O)c(Br)c2)cn1. The van der Waals surface area contributed by atoms with Crippen LogP contribution in [-0.4, -0.2) is 17.2 Å². The fourth-order valence-corrected chi connectivity index (χ4v) is 1.90. The lowest BCUT2D eigenvalue weighted by molar-refractivity contribution is 0.398. The Kier molecular flexibility index (Phi) is 4.04. The van der Waals surface area contributed by atoms with E-state index >= 15 is 0 Å². The first kappa shape index (κ1) is 12.7. The molecule has 2 N–H and O–H groups in total. The predicted octanol–water partition coefficient (Wildman–Crippen LogP) is 3.17. The van der Waals surface area contributed by atoms with Gasteiger partial charge in [0, 0.05) is 12.6 Å². The Labute approximate surface area is 114 Å². The van der Waals surface area contributed by atoms with Crippen LogP contribution in [0.5, 0.6) is 11.6 Å². The van der Waals surface area contributed by atoms with Crippen LogP contribution in [-0.2, 0) is 6.54 Å². The topological polar surface area (TPSA) is 54.4 Å². The largest absolute Gasteiger partial charge is 0.507 e. The highest BCUT2D eigenvalue weighted by Crippen LogP contribution is 2.24. The molecular weight excluding hydrogens is 296 g/mol. The summed E-state index contributed by atoms with van der Waals surface area (Å²) < 4.78 is 5.68. The Morgan fingerprint density at radius 3 is 2.78 bits per heavy atom. The number of phenolic OH excluding ortho intramolecular Hbond substituents is 1. The number of halogens is 1. The Hall–Kier alpha value is -1.75. The van der Waals surface area contributed by atoms with Crippen molar-refractivity contribution in [1.82, 2.24) is 4.98 Å². The minimum absolute atomic E-state index is 0.241. The van der Waals surface area contributed by atoms with Crippen molar-refractivity contribution in [1.29, 1.82) is 0 Å². The normalized spacial score (nSPS) is 10.1. The summed E-state index contributed by atoms with van der Waals surface area (Å²) in [4.78, 5) is 4.11. The van der Waals surface area contributed by atoms with Crippen LogP contribution in [0.25, 0.3) is 0 Å². The number of anilines is 1. The number of benzene rings is 1. The monoisotopic (exact) mass is 308 g/mol. The summed E-state index contributed by atoms with van der Waals surface area (Å²) in [5, 5.41) is 12.6. The zero-order valence-electron chi connectivity index (χ0n) is 9.85. The molecule has 4 nitrogen and oxygen atoms in total. The maximum Gasteiger partial charge on any atom is 0.213 e. The van der Waals surface area contributed by atoms with E-state index in [0.717, 1.165) is 11.3 Å². The molecule has 0 spiro atoms. The second-order valence-electron chi connectivity index (χ2n) is 3.73. The number of ether oxygens (including phenoxy) is 1. The standard InChI is InChI=1S/C13H13BrN2O2/c1-18-13-5-3-10(8-16-13)15-7-9-2-4-12(17)11(14)6-9/h2-6,8,15,17H,7H2,1H3. The molecule has 1 aromatic carbocycles. The van der Waals surface area contributed by atoms with Crippen molar-refractivity contribution in [2.45, 2.75) is 6.54 Å². The smallest absolute Gasteiger partial charge is 0.213 e. The Bertz CT molecular complexity index is 529. The molecule has 1 aromatic heterocycles. The van der Waals surface area contributed by atoms with Crippen LogP contribution in [0.4, 0.5) is 5.69 Å². The van der Waals surface area contributed by atoms with Gasteiger partial charge in [0.2, 0.25) is 5.88 Å². The van der Waals surface area contributed by atoms with Crippen molar-refractivity contribution in [3.63, 3.8) is 0 Å². The van der Waals surface area contributed by atoms with Gasteiger partial charge in [0.25, 0.3) is 0 Å². The quantitative estimate of drug-likeness (QED) is 0.911. The summed E-state index contributed by atoms with van der Waals surface area (Å²) in [5.74, 6) is 0.831. The van der Waals surface area contributed by atoms with Gasteiger partial charge in [-0.05, 0) is 39.7 Å². The lowest BCUT2D eigenvalue weighted by atomic mass is 10.2. The molecule has 0 fully saturated rings. The molecule has 0 saturated heterocycles. The number of nitrogens with zero attached hydrogens (tertiary/aromatic N) is 1. The van der Waals surface area contributed by atoms with Gasteiger partial charge in [0.15, 0.2) is 0 Å². The highest BCUT2D eigenvalue weighted by molar-refractivity contribution is 9.10. The second-order valence-corrected chi connectivity index (χ2v) is 4.58. The molecule has 2 rings (SSSR count). The molecule has 0 aliphatic carbocycles. The molecule has 0 unspecified atom stereocenters. The van der Waals surface area contributed by atoms with Crippen LogP contribution in [0.15, 0.2) is 41.0 Å². The first-order chi connectivity index (χ1) is 8.69. The van der Waals surface area contributed by atoms with Gasteiger partial charge >= 0.3 is 0 Å². The van der Waals surface area contributed by atoms with Crippen LogP contribution < -0.4 is 10.1 Å². The van der Waals surface area contributed by atoms with Crippen LogP contribution in [0.1, 0.15) is 5.56 Å². The third-order valence-electron chi connectivity index (χ3n) is 2.45. The van der Waals surface area contributed by atoms with E-state index in [9.17, 15) is 5.11 Å². The molecule has 0 aliphatic heterocycles. The second kappa shape index (κ2) is 5.73. The van der Waals surface area contributed by atoms with E-state index in [-0.39, 0.29) is 5.75 Å². The van der Waals surface area contributed by atoms with E-state index in [2.05, 4.69) is 26.2 Å². The number of aromatic hydroxyl groups is 1. The third-order valence-corrected chi connectivity index (χ3v) is 3.09. The molecule has 18 heavy (non-hydrogen) atoms. The molecular formula is C13H13BrN2O2. The van der Waals surface area contributed by atoms with Crippen LogP contribution in [0.3, 0.4) is 0 Å². The average Bonchev–Trinajstić information content (AvgIpc) is 2.41. The summed E-state index contributed by atoms with van der Waals surface area (Å²) >= 11 is 3.28. The first-order valence-corrected chi connectivity index (χ1v) is 6.19. The van der Waals surface area contributed by atoms with Gasteiger partial charge in [-0.1, -0.05) is 6.07 Å². The van der Waals surface area contributed by atoms with E-state index in [4.69, 9.17) is 4.74 Å². The van der Waals surface area contributed by atoms with Gasteiger partial charge in [-0.3, -0.25) is 0 Å². The molecule has 0 saturated carbocycles. The Balaban J connectivity index is 1.99. The summed E-state index contributed by atoms with van der Waals surface area (Å²) in [7, 11) is 1.59. The van der Waals surface area contributed by atoms with E-state index in [1.807, 2.05) is 18.2 Å². The van der Waals surface area contributed by atoms with Crippen molar-refractivity contribution in [2.24, 2.45) is 0 Å². The maximum absolute atomic E-state index is 9.40. The van der Waals surface area contributed by atoms with Crippen molar-refractivity contribution < 1.29 is 9.84 Å². The molecule has 0 amide bonds. The van der Waals surface area contributed by atoms with Gasteiger partial charge in [0.1, 0.15) is 5.75 Å². The van der Waals surface area contributed by atoms with Gasteiger partial charge < -0.3 is 15.2 Å². The number of methoxy groups -OCH3 is 1. The van der Waals surface area contributed by atoms with E-state index in [1.54, 1.807) is 25.4 Å². The van der Waals surface area contributed by atoms with Crippen molar-refractivity contribution >= 4 is 21.6 Å². The molecule has 94 valence electrons. The Morgan fingerprint density at radius 2 is 2.17 bits per heavy atom. The lowest BCUT2D eigenvalue weighted by Gasteiger charge is -2.07. The zero-order chi connectivity index (χ0) is 13.0. The highest BCUT2D eigenvalue weighted by Gasteiger charge is 2.00. The minimum Gasteiger partial charge on any atom is -0.507 e. The predicted molar refractivity (Wildman–Crippen MR) is 73.9 cm³/mol. The fourth-order valence-electron chi connectivity index (χ4n) is 1.47.